The van der Waals surface area contributed by atoms with Gasteiger partial charge in [0.25, 0.3) is 0 Å². The van der Waals surface area contributed by atoms with Gasteiger partial charge in [-0.25, -0.2) is 0 Å². The van der Waals surface area contributed by atoms with Crippen molar-refractivity contribution in [3.63, 3.8) is 0 Å². The summed E-state index contributed by atoms with van der Waals surface area (Å²) in [5.74, 6) is 1.26. The third kappa shape index (κ3) is 3.80. The van der Waals surface area contributed by atoms with Crippen LogP contribution in [-0.2, 0) is 9.53 Å². The Morgan fingerprint density at radius 3 is 2.68 bits per heavy atom. The molecule has 0 aliphatic carbocycles. The molecular formula is C14H18O4S. The Morgan fingerprint density at radius 1 is 1.32 bits per heavy atom. The van der Waals surface area contributed by atoms with Crippen LogP contribution in [0.15, 0.2) is 23.1 Å². The first-order chi connectivity index (χ1) is 8.85. The van der Waals surface area contributed by atoms with Gasteiger partial charge >= 0.3 is 5.97 Å². The van der Waals surface area contributed by atoms with E-state index < -0.39 is 5.60 Å². The zero-order valence-electron chi connectivity index (χ0n) is 11.6. The van der Waals surface area contributed by atoms with Gasteiger partial charge in [0, 0.05) is 4.90 Å². The molecule has 0 saturated carbocycles. The number of carbonyl (C=O) groups excluding carboxylic acids is 1. The minimum absolute atomic E-state index is 0.213. The normalized spacial score (nSPS) is 15.2. The molecule has 1 aromatic carbocycles. The van der Waals surface area contributed by atoms with Crippen molar-refractivity contribution in [3.8, 4) is 11.5 Å². The van der Waals surface area contributed by atoms with Gasteiger partial charge < -0.3 is 14.2 Å². The summed E-state index contributed by atoms with van der Waals surface area (Å²) in [5, 5.41) is -0.264. The molecule has 2 rings (SSSR count). The van der Waals surface area contributed by atoms with Crippen LogP contribution in [0.2, 0.25) is 0 Å². The lowest BCUT2D eigenvalue weighted by Gasteiger charge is -2.22. The maximum absolute atomic E-state index is 11.9. The van der Waals surface area contributed by atoms with E-state index in [-0.39, 0.29) is 18.0 Å². The fourth-order valence-electron chi connectivity index (χ4n) is 1.59. The molecule has 104 valence electrons. The number of hydrogen-bond acceptors (Lipinski definition) is 5. The minimum atomic E-state index is -0.458. The standard InChI is InChI=1S/C14H18O4S/c1-9(13(15)18-14(2,3)4)19-10-5-6-11-12(7-10)17-8-16-11/h5-7,9H,8H2,1-4H3. The summed E-state index contributed by atoms with van der Waals surface area (Å²) in [5.41, 5.74) is -0.458. The molecule has 1 heterocycles. The average Bonchev–Trinajstić information content (AvgIpc) is 2.73. The summed E-state index contributed by atoms with van der Waals surface area (Å²) < 4.78 is 15.9. The van der Waals surface area contributed by atoms with Crippen molar-refractivity contribution in [2.75, 3.05) is 6.79 Å². The molecule has 0 amide bonds. The Bertz CT molecular complexity index is 479. The first-order valence-electron chi connectivity index (χ1n) is 6.14. The van der Waals surface area contributed by atoms with Crippen molar-refractivity contribution in [2.45, 2.75) is 43.4 Å². The fraction of sp³-hybridized carbons (Fsp3) is 0.500. The summed E-state index contributed by atoms with van der Waals surface area (Å²) in [6.07, 6.45) is 0. The molecule has 0 aromatic heterocycles. The van der Waals surface area contributed by atoms with Crippen molar-refractivity contribution < 1.29 is 19.0 Å². The first-order valence-corrected chi connectivity index (χ1v) is 7.02. The van der Waals surface area contributed by atoms with Gasteiger partial charge in [-0.1, -0.05) is 0 Å². The second-order valence-electron chi connectivity index (χ2n) is 5.31. The lowest BCUT2D eigenvalue weighted by atomic mass is 10.2. The summed E-state index contributed by atoms with van der Waals surface area (Å²) in [7, 11) is 0. The molecule has 19 heavy (non-hydrogen) atoms. The number of rotatable bonds is 3. The highest BCUT2D eigenvalue weighted by Crippen LogP contribution is 2.37. The number of carbonyl (C=O) groups is 1. The van der Waals surface area contributed by atoms with E-state index in [1.807, 2.05) is 45.9 Å². The highest BCUT2D eigenvalue weighted by Gasteiger charge is 2.23. The van der Waals surface area contributed by atoms with Gasteiger partial charge in [-0.15, -0.1) is 11.8 Å². The Morgan fingerprint density at radius 2 is 2.00 bits per heavy atom. The van der Waals surface area contributed by atoms with Crippen LogP contribution in [0.3, 0.4) is 0 Å². The van der Waals surface area contributed by atoms with Crippen LogP contribution in [0, 0.1) is 0 Å². The number of ether oxygens (including phenoxy) is 3. The Labute approximate surface area is 117 Å². The lowest BCUT2D eigenvalue weighted by Crippen LogP contribution is -2.28. The molecule has 0 radical (unpaired) electrons. The number of esters is 1. The quantitative estimate of drug-likeness (QED) is 0.629. The summed E-state index contributed by atoms with van der Waals surface area (Å²) >= 11 is 1.45. The number of benzene rings is 1. The van der Waals surface area contributed by atoms with E-state index in [0.29, 0.717) is 0 Å². The van der Waals surface area contributed by atoms with Crippen LogP contribution >= 0.6 is 11.8 Å². The topological polar surface area (TPSA) is 44.8 Å². The Balaban J connectivity index is 1.99. The summed E-state index contributed by atoms with van der Waals surface area (Å²) in [6.45, 7) is 7.68. The van der Waals surface area contributed by atoms with E-state index in [1.54, 1.807) is 0 Å². The molecule has 1 unspecified atom stereocenters. The van der Waals surface area contributed by atoms with E-state index in [9.17, 15) is 4.79 Å². The summed E-state index contributed by atoms with van der Waals surface area (Å²) in [4.78, 5) is 12.9. The molecule has 1 aliphatic heterocycles. The van der Waals surface area contributed by atoms with Crippen LogP contribution in [0.5, 0.6) is 11.5 Å². The second-order valence-corrected chi connectivity index (χ2v) is 6.72. The molecule has 5 heteroatoms. The lowest BCUT2D eigenvalue weighted by molar-refractivity contribution is -0.153. The van der Waals surface area contributed by atoms with Gasteiger partial charge in [-0.3, -0.25) is 4.79 Å². The zero-order chi connectivity index (χ0) is 14.0. The van der Waals surface area contributed by atoms with Gasteiger partial charge in [-0.05, 0) is 45.9 Å². The zero-order valence-corrected chi connectivity index (χ0v) is 12.4. The van der Waals surface area contributed by atoms with Gasteiger partial charge in [0.05, 0.1) is 0 Å². The molecule has 0 spiro atoms. The molecule has 0 N–H and O–H groups in total. The van der Waals surface area contributed by atoms with Crippen LogP contribution < -0.4 is 9.47 Å². The molecule has 4 nitrogen and oxygen atoms in total. The third-order valence-electron chi connectivity index (χ3n) is 2.40. The maximum atomic E-state index is 11.9. The van der Waals surface area contributed by atoms with E-state index in [1.165, 1.54) is 11.8 Å². The Hall–Kier alpha value is -1.36. The van der Waals surface area contributed by atoms with Crippen LogP contribution in [-0.4, -0.2) is 23.6 Å². The van der Waals surface area contributed by atoms with Gasteiger partial charge in [-0.2, -0.15) is 0 Å². The molecule has 0 fully saturated rings. The van der Waals surface area contributed by atoms with Crippen molar-refractivity contribution in [1.82, 2.24) is 0 Å². The molecule has 1 atom stereocenters. The molecular weight excluding hydrogens is 264 g/mol. The summed E-state index contributed by atoms with van der Waals surface area (Å²) in [6, 6.07) is 5.65. The van der Waals surface area contributed by atoms with E-state index in [0.717, 1.165) is 16.4 Å². The van der Waals surface area contributed by atoms with Crippen molar-refractivity contribution >= 4 is 17.7 Å². The molecule has 1 aromatic rings. The van der Waals surface area contributed by atoms with E-state index >= 15 is 0 Å². The third-order valence-corrected chi connectivity index (χ3v) is 3.47. The first kappa shape index (κ1) is 14.1. The van der Waals surface area contributed by atoms with Gasteiger partial charge in [0.2, 0.25) is 6.79 Å². The average molecular weight is 282 g/mol. The van der Waals surface area contributed by atoms with Crippen molar-refractivity contribution in [2.24, 2.45) is 0 Å². The van der Waals surface area contributed by atoms with Crippen LogP contribution in [0.25, 0.3) is 0 Å². The maximum Gasteiger partial charge on any atom is 0.319 e. The largest absolute Gasteiger partial charge is 0.459 e. The monoisotopic (exact) mass is 282 g/mol. The molecule has 1 aliphatic rings. The SMILES string of the molecule is CC(Sc1ccc2c(c1)OCO2)C(=O)OC(C)(C)C. The highest BCUT2D eigenvalue weighted by atomic mass is 32.2. The fourth-order valence-corrected chi connectivity index (χ4v) is 2.46. The van der Waals surface area contributed by atoms with Crippen LogP contribution in [0.1, 0.15) is 27.7 Å². The van der Waals surface area contributed by atoms with Crippen molar-refractivity contribution in [1.29, 1.82) is 0 Å². The predicted octanol–water partition coefficient (Wildman–Crippen LogP) is 3.24. The van der Waals surface area contributed by atoms with E-state index in [2.05, 4.69) is 0 Å². The number of fused-ring (bicyclic) bond motifs is 1. The minimum Gasteiger partial charge on any atom is -0.459 e. The van der Waals surface area contributed by atoms with Crippen LogP contribution in [0.4, 0.5) is 0 Å². The van der Waals surface area contributed by atoms with Gasteiger partial charge in [0.15, 0.2) is 11.5 Å². The number of thioether (sulfide) groups is 1. The number of hydrogen-bond donors (Lipinski definition) is 0. The molecule has 0 saturated heterocycles. The van der Waals surface area contributed by atoms with E-state index in [4.69, 9.17) is 14.2 Å². The van der Waals surface area contributed by atoms with Gasteiger partial charge in [0.1, 0.15) is 10.9 Å². The van der Waals surface area contributed by atoms with Crippen molar-refractivity contribution in [3.05, 3.63) is 18.2 Å². The smallest absolute Gasteiger partial charge is 0.319 e. The molecule has 0 bridgehead atoms. The second kappa shape index (κ2) is 5.33. The Kier molecular flexibility index (Phi) is 3.94. The highest BCUT2D eigenvalue weighted by molar-refractivity contribution is 8.00. The predicted molar refractivity (Wildman–Crippen MR) is 73.7 cm³/mol.